The predicted molar refractivity (Wildman–Crippen MR) is 61.5 cm³/mol. The van der Waals surface area contributed by atoms with E-state index in [0.29, 0.717) is 17.5 Å². The molecular formula is C10H20N4O. The zero-order valence-electron chi connectivity index (χ0n) is 9.44. The van der Waals surface area contributed by atoms with Crippen LogP contribution >= 0.6 is 0 Å². The molecule has 1 unspecified atom stereocenters. The highest BCUT2D eigenvalue weighted by molar-refractivity contribution is 5.57. The van der Waals surface area contributed by atoms with Gasteiger partial charge in [-0.25, -0.2) is 4.68 Å². The third kappa shape index (κ3) is 3.13. The normalized spacial score (nSPS) is 12.9. The van der Waals surface area contributed by atoms with Gasteiger partial charge in [-0.15, -0.1) is 0 Å². The molecule has 0 bridgehead atoms. The van der Waals surface area contributed by atoms with Gasteiger partial charge in [-0.1, -0.05) is 0 Å². The summed E-state index contributed by atoms with van der Waals surface area (Å²) < 4.78 is 6.77. The number of anilines is 2. The molecule has 5 nitrogen and oxygen atoms in total. The van der Waals surface area contributed by atoms with Crippen molar-refractivity contribution in [2.45, 2.75) is 32.2 Å². The fourth-order valence-electron chi connectivity index (χ4n) is 1.54. The molecule has 86 valence electrons. The summed E-state index contributed by atoms with van der Waals surface area (Å²) in [6.45, 7) is 2.90. The van der Waals surface area contributed by atoms with E-state index < -0.39 is 0 Å². The van der Waals surface area contributed by atoms with Crippen molar-refractivity contribution in [3.63, 3.8) is 0 Å². The van der Waals surface area contributed by atoms with E-state index in [1.165, 1.54) is 0 Å². The molecule has 0 spiro atoms. The van der Waals surface area contributed by atoms with Crippen LogP contribution in [0.3, 0.4) is 0 Å². The molecule has 0 saturated carbocycles. The van der Waals surface area contributed by atoms with E-state index in [4.69, 9.17) is 16.2 Å². The van der Waals surface area contributed by atoms with E-state index >= 15 is 0 Å². The van der Waals surface area contributed by atoms with Gasteiger partial charge in [0, 0.05) is 13.7 Å². The fraction of sp³-hybridized carbons (Fsp3) is 0.700. The lowest BCUT2D eigenvalue weighted by atomic mass is 10.1. The Labute approximate surface area is 90.4 Å². The second-order valence-electron chi connectivity index (χ2n) is 3.77. The van der Waals surface area contributed by atoms with Gasteiger partial charge in [-0.3, -0.25) is 0 Å². The molecule has 0 fully saturated rings. The van der Waals surface area contributed by atoms with Gasteiger partial charge < -0.3 is 16.2 Å². The quantitative estimate of drug-likeness (QED) is 0.699. The average molecular weight is 212 g/mol. The fourth-order valence-corrected chi connectivity index (χ4v) is 1.54. The first-order chi connectivity index (χ1) is 7.16. The molecule has 0 saturated heterocycles. The molecule has 1 aromatic heterocycles. The highest BCUT2D eigenvalue weighted by atomic mass is 16.5. The smallest absolute Gasteiger partial charge is 0.145 e. The van der Waals surface area contributed by atoms with Crippen LogP contribution in [0, 0.1) is 0 Å². The Morgan fingerprint density at radius 1 is 1.47 bits per heavy atom. The summed E-state index contributed by atoms with van der Waals surface area (Å²) >= 11 is 0. The van der Waals surface area contributed by atoms with Gasteiger partial charge in [0.25, 0.3) is 0 Å². The Kier molecular flexibility index (Phi) is 4.42. The molecule has 5 heteroatoms. The summed E-state index contributed by atoms with van der Waals surface area (Å²) in [5.41, 5.74) is 12.0. The number of nitrogens with two attached hydrogens (primary N) is 2. The molecule has 1 atom stereocenters. The Morgan fingerprint density at radius 3 is 2.73 bits per heavy atom. The first kappa shape index (κ1) is 11.8. The molecule has 1 aromatic rings. The van der Waals surface area contributed by atoms with Crippen LogP contribution < -0.4 is 11.5 Å². The molecule has 0 amide bonds. The standard InChI is InChI=1S/C10H20N4O/c1-8(5-3-4-6-15-2)14-10(12)9(11)7-13-14/h7-8H,3-6,11-12H2,1-2H3. The molecule has 0 radical (unpaired) electrons. The first-order valence-corrected chi connectivity index (χ1v) is 5.24. The molecule has 1 heterocycles. The van der Waals surface area contributed by atoms with Crippen molar-refractivity contribution in [2.75, 3.05) is 25.2 Å². The molecule has 4 N–H and O–H groups in total. The van der Waals surface area contributed by atoms with Gasteiger partial charge in [0.05, 0.1) is 17.9 Å². The number of hydrogen-bond acceptors (Lipinski definition) is 4. The van der Waals surface area contributed by atoms with Gasteiger partial charge in [0.1, 0.15) is 5.82 Å². The summed E-state index contributed by atoms with van der Waals surface area (Å²) in [5, 5.41) is 4.15. The highest BCUT2D eigenvalue weighted by Gasteiger charge is 2.10. The van der Waals surface area contributed by atoms with Gasteiger partial charge in [-0.05, 0) is 26.2 Å². The van der Waals surface area contributed by atoms with E-state index in [2.05, 4.69) is 12.0 Å². The Morgan fingerprint density at radius 2 is 2.20 bits per heavy atom. The minimum absolute atomic E-state index is 0.291. The largest absolute Gasteiger partial charge is 0.394 e. The lowest BCUT2D eigenvalue weighted by Crippen LogP contribution is -2.11. The van der Waals surface area contributed by atoms with Crippen LogP contribution in [-0.2, 0) is 4.74 Å². The number of nitrogen functional groups attached to an aromatic ring is 2. The lowest BCUT2D eigenvalue weighted by molar-refractivity contribution is 0.190. The van der Waals surface area contributed by atoms with E-state index in [9.17, 15) is 0 Å². The van der Waals surface area contributed by atoms with E-state index in [1.54, 1.807) is 18.0 Å². The van der Waals surface area contributed by atoms with Crippen LogP contribution in [0.25, 0.3) is 0 Å². The third-order valence-corrected chi connectivity index (χ3v) is 2.50. The van der Waals surface area contributed by atoms with Crippen LogP contribution in [0.5, 0.6) is 0 Å². The van der Waals surface area contributed by atoms with Crippen molar-refractivity contribution in [1.82, 2.24) is 9.78 Å². The Bertz CT molecular complexity index is 298. The number of nitrogens with zero attached hydrogens (tertiary/aromatic N) is 2. The number of rotatable bonds is 6. The molecule has 15 heavy (non-hydrogen) atoms. The van der Waals surface area contributed by atoms with Crippen LogP contribution in [-0.4, -0.2) is 23.5 Å². The summed E-state index contributed by atoms with van der Waals surface area (Å²) in [4.78, 5) is 0. The number of methoxy groups -OCH3 is 1. The van der Waals surface area contributed by atoms with E-state index in [1.807, 2.05) is 0 Å². The van der Waals surface area contributed by atoms with E-state index in [-0.39, 0.29) is 0 Å². The van der Waals surface area contributed by atoms with Crippen LogP contribution in [0.15, 0.2) is 6.20 Å². The van der Waals surface area contributed by atoms with E-state index in [0.717, 1.165) is 25.9 Å². The monoisotopic (exact) mass is 212 g/mol. The summed E-state index contributed by atoms with van der Waals surface area (Å²) in [5.74, 6) is 0.564. The van der Waals surface area contributed by atoms with Crippen molar-refractivity contribution in [1.29, 1.82) is 0 Å². The summed E-state index contributed by atoms with van der Waals surface area (Å²) in [6, 6.07) is 0.291. The molecule has 0 aromatic carbocycles. The number of hydrogen-bond donors (Lipinski definition) is 2. The second-order valence-corrected chi connectivity index (χ2v) is 3.77. The Hall–Kier alpha value is -1.23. The minimum atomic E-state index is 0.291. The first-order valence-electron chi connectivity index (χ1n) is 5.24. The topological polar surface area (TPSA) is 79.1 Å². The average Bonchev–Trinajstić information content (AvgIpc) is 2.55. The Balaban J connectivity index is 2.40. The summed E-state index contributed by atoms with van der Waals surface area (Å²) in [6.07, 6.45) is 4.81. The third-order valence-electron chi connectivity index (χ3n) is 2.50. The molecule has 0 aliphatic heterocycles. The number of unbranched alkanes of at least 4 members (excludes halogenated alkanes) is 1. The maximum Gasteiger partial charge on any atom is 0.145 e. The maximum atomic E-state index is 5.78. The van der Waals surface area contributed by atoms with Crippen molar-refractivity contribution in [3.8, 4) is 0 Å². The van der Waals surface area contributed by atoms with Crippen molar-refractivity contribution in [2.24, 2.45) is 0 Å². The second kappa shape index (κ2) is 5.60. The molecule has 0 aliphatic rings. The summed E-state index contributed by atoms with van der Waals surface area (Å²) in [7, 11) is 1.72. The zero-order chi connectivity index (χ0) is 11.3. The molecular weight excluding hydrogens is 192 g/mol. The number of ether oxygens (including phenoxy) is 1. The van der Waals surface area contributed by atoms with Gasteiger partial charge in [0.2, 0.25) is 0 Å². The van der Waals surface area contributed by atoms with Gasteiger partial charge >= 0.3 is 0 Å². The predicted octanol–water partition coefficient (Wildman–Crippen LogP) is 1.43. The highest BCUT2D eigenvalue weighted by Crippen LogP contribution is 2.21. The zero-order valence-corrected chi connectivity index (χ0v) is 9.44. The van der Waals surface area contributed by atoms with Crippen molar-refractivity contribution >= 4 is 11.5 Å². The molecule has 1 rings (SSSR count). The van der Waals surface area contributed by atoms with Gasteiger partial charge in [-0.2, -0.15) is 5.10 Å². The maximum absolute atomic E-state index is 5.78. The van der Waals surface area contributed by atoms with Gasteiger partial charge in [0.15, 0.2) is 0 Å². The molecule has 0 aliphatic carbocycles. The van der Waals surface area contributed by atoms with Crippen molar-refractivity contribution in [3.05, 3.63) is 6.20 Å². The van der Waals surface area contributed by atoms with Crippen LogP contribution in [0.1, 0.15) is 32.2 Å². The number of aromatic nitrogens is 2. The van der Waals surface area contributed by atoms with Crippen LogP contribution in [0.4, 0.5) is 11.5 Å². The SMILES string of the molecule is COCCCCC(C)n1ncc(N)c1N. The van der Waals surface area contributed by atoms with Crippen molar-refractivity contribution < 1.29 is 4.74 Å². The lowest BCUT2D eigenvalue weighted by Gasteiger charge is -2.13. The minimum Gasteiger partial charge on any atom is -0.394 e. The van der Waals surface area contributed by atoms with Crippen LogP contribution in [0.2, 0.25) is 0 Å².